The van der Waals surface area contributed by atoms with Crippen molar-refractivity contribution in [1.29, 1.82) is 0 Å². The number of nitrogens with zero attached hydrogens (tertiary/aromatic N) is 1. The van der Waals surface area contributed by atoms with Crippen molar-refractivity contribution in [2.75, 3.05) is 0 Å². The lowest BCUT2D eigenvalue weighted by Gasteiger charge is -2.01. The number of halogens is 1. The highest BCUT2D eigenvalue weighted by Gasteiger charge is 1.99. The Morgan fingerprint density at radius 3 is 2.71 bits per heavy atom. The molecule has 0 atom stereocenters. The highest BCUT2D eigenvalue weighted by atomic mass is 35.5. The summed E-state index contributed by atoms with van der Waals surface area (Å²) in [6.45, 7) is 1.93. The van der Waals surface area contributed by atoms with E-state index in [-0.39, 0.29) is 5.75 Å². The molecule has 0 aromatic heterocycles. The number of rotatable bonds is 2. The van der Waals surface area contributed by atoms with E-state index in [1.165, 1.54) is 0 Å². The van der Waals surface area contributed by atoms with Crippen LogP contribution in [0.5, 0.6) is 5.75 Å². The molecule has 2 nitrogen and oxygen atoms in total. The molecule has 0 aliphatic heterocycles. The molecule has 0 aliphatic carbocycles. The first-order valence-corrected chi connectivity index (χ1v) is 5.63. The second-order valence-electron chi connectivity index (χ2n) is 3.74. The predicted molar refractivity (Wildman–Crippen MR) is 71.5 cm³/mol. The van der Waals surface area contributed by atoms with Gasteiger partial charge in [0.2, 0.25) is 0 Å². The number of benzene rings is 2. The minimum atomic E-state index is 0.233. The second kappa shape index (κ2) is 5.02. The Labute approximate surface area is 105 Å². The first-order valence-electron chi connectivity index (χ1n) is 5.25. The van der Waals surface area contributed by atoms with Gasteiger partial charge in [-0.05, 0) is 42.3 Å². The molecule has 0 bridgehead atoms. The van der Waals surface area contributed by atoms with Gasteiger partial charge in [-0.3, -0.25) is 4.99 Å². The molecule has 1 N–H and O–H groups in total. The number of phenols is 1. The summed E-state index contributed by atoms with van der Waals surface area (Å²) in [6.07, 6.45) is 1.71. The Morgan fingerprint density at radius 2 is 1.94 bits per heavy atom. The molecule has 3 heteroatoms. The van der Waals surface area contributed by atoms with Crippen molar-refractivity contribution in [3.63, 3.8) is 0 Å². The van der Waals surface area contributed by atoms with Crippen LogP contribution in [0.3, 0.4) is 0 Å². The van der Waals surface area contributed by atoms with Crippen molar-refractivity contribution >= 4 is 23.5 Å². The van der Waals surface area contributed by atoms with E-state index in [0.717, 1.165) is 16.8 Å². The van der Waals surface area contributed by atoms with Crippen molar-refractivity contribution in [2.45, 2.75) is 6.92 Å². The summed E-state index contributed by atoms with van der Waals surface area (Å²) < 4.78 is 0. The summed E-state index contributed by atoms with van der Waals surface area (Å²) in [5, 5.41) is 10.0. The van der Waals surface area contributed by atoms with Gasteiger partial charge >= 0.3 is 0 Å². The van der Waals surface area contributed by atoms with Crippen molar-refractivity contribution in [2.24, 2.45) is 4.99 Å². The fourth-order valence-electron chi connectivity index (χ4n) is 1.49. The van der Waals surface area contributed by atoms with Crippen molar-refractivity contribution in [3.8, 4) is 5.75 Å². The zero-order chi connectivity index (χ0) is 12.3. The Morgan fingerprint density at radius 1 is 1.18 bits per heavy atom. The number of hydrogen-bond acceptors (Lipinski definition) is 2. The number of aromatic hydroxyl groups is 1. The lowest BCUT2D eigenvalue weighted by atomic mass is 10.2. The zero-order valence-electron chi connectivity index (χ0n) is 9.39. The maximum Gasteiger partial charge on any atom is 0.116 e. The molecule has 0 aliphatic rings. The first kappa shape index (κ1) is 11.7. The number of phenolic OH excluding ortho intramolecular Hbond substituents is 1. The molecule has 0 fully saturated rings. The number of aliphatic imine (C=N–C) groups is 1. The van der Waals surface area contributed by atoms with Crippen molar-refractivity contribution in [1.82, 2.24) is 0 Å². The molecule has 2 aromatic carbocycles. The minimum absolute atomic E-state index is 0.233. The normalized spacial score (nSPS) is 10.9. The minimum Gasteiger partial charge on any atom is -0.508 e. The van der Waals surface area contributed by atoms with Crippen LogP contribution in [0.2, 0.25) is 5.02 Å². The molecule has 0 saturated carbocycles. The van der Waals surface area contributed by atoms with E-state index in [1.807, 2.05) is 31.2 Å². The fraction of sp³-hybridized carbons (Fsp3) is 0.0714. The van der Waals surface area contributed by atoms with E-state index >= 15 is 0 Å². The lowest BCUT2D eigenvalue weighted by molar-refractivity contribution is 0.475. The van der Waals surface area contributed by atoms with Crippen molar-refractivity contribution < 1.29 is 5.11 Å². The molecular weight excluding hydrogens is 234 g/mol. The van der Waals surface area contributed by atoms with Crippen LogP contribution in [0.4, 0.5) is 5.69 Å². The van der Waals surface area contributed by atoms with Crippen LogP contribution in [-0.2, 0) is 0 Å². The summed E-state index contributed by atoms with van der Waals surface area (Å²) in [4.78, 5) is 4.36. The molecule has 0 saturated heterocycles. The van der Waals surface area contributed by atoms with Gasteiger partial charge in [0, 0.05) is 11.2 Å². The van der Waals surface area contributed by atoms with E-state index < -0.39 is 0 Å². The third-order valence-electron chi connectivity index (χ3n) is 2.46. The van der Waals surface area contributed by atoms with Crippen molar-refractivity contribution in [3.05, 3.63) is 58.6 Å². The molecule has 0 spiro atoms. The topological polar surface area (TPSA) is 32.6 Å². The van der Waals surface area contributed by atoms with E-state index in [0.29, 0.717) is 5.02 Å². The highest BCUT2D eigenvalue weighted by Crippen LogP contribution is 2.25. The molecule has 2 rings (SSSR count). The third-order valence-corrected chi connectivity index (χ3v) is 2.87. The van der Waals surface area contributed by atoms with Gasteiger partial charge in [-0.2, -0.15) is 0 Å². The first-order chi connectivity index (χ1) is 8.16. The van der Waals surface area contributed by atoms with Crippen LogP contribution in [0.15, 0.2) is 47.5 Å². The Hall–Kier alpha value is -1.80. The average molecular weight is 246 g/mol. The van der Waals surface area contributed by atoms with Gasteiger partial charge in [-0.25, -0.2) is 0 Å². The van der Waals surface area contributed by atoms with Crippen LogP contribution < -0.4 is 0 Å². The van der Waals surface area contributed by atoms with E-state index in [9.17, 15) is 5.11 Å². The molecule has 17 heavy (non-hydrogen) atoms. The quantitative estimate of drug-likeness (QED) is 0.794. The van der Waals surface area contributed by atoms with Gasteiger partial charge in [-0.15, -0.1) is 0 Å². The largest absolute Gasteiger partial charge is 0.508 e. The van der Waals surface area contributed by atoms with Crippen LogP contribution in [0.25, 0.3) is 0 Å². The predicted octanol–water partition coefficient (Wildman–Crippen LogP) is 4.10. The highest BCUT2D eigenvalue weighted by molar-refractivity contribution is 6.31. The SMILES string of the molecule is Cc1c(Cl)cccc1N=Cc1cccc(O)c1. The average Bonchev–Trinajstić information content (AvgIpc) is 2.31. The maximum absolute atomic E-state index is 9.33. The Kier molecular flexibility index (Phi) is 3.45. The summed E-state index contributed by atoms with van der Waals surface area (Å²) >= 11 is 6.01. The number of hydrogen-bond donors (Lipinski definition) is 1. The van der Waals surface area contributed by atoms with Gasteiger partial charge in [-0.1, -0.05) is 29.8 Å². The molecule has 0 radical (unpaired) electrons. The molecule has 0 unspecified atom stereocenters. The smallest absolute Gasteiger partial charge is 0.116 e. The molecule has 0 heterocycles. The molecular formula is C14H12ClNO. The van der Waals surface area contributed by atoms with Gasteiger partial charge in [0.1, 0.15) is 5.75 Å². The second-order valence-corrected chi connectivity index (χ2v) is 4.14. The van der Waals surface area contributed by atoms with Crippen LogP contribution in [-0.4, -0.2) is 11.3 Å². The van der Waals surface area contributed by atoms with Gasteiger partial charge in [0.15, 0.2) is 0 Å². The van der Waals surface area contributed by atoms with Crippen LogP contribution >= 0.6 is 11.6 Å². The summed E-state index contributed by atoms with van der Waals surface area (Å²) in [5.74, 6) is 0.233. The third kappa shape index (κ3) is 2.86. The summed E-state index contributed by atoms with van der Waals surface area (Å²) in [6, 6.07) is 12.5. The lowest BCUT2D eigenvalue weighted by Crippen LogP contribution is -1.81. The Bertz CT molecular complexity index is 564. The van der Waals surface area contributed by atoms with E-state index in [2.05, 4.69) is 4.99 Å². The van der Waals surface area contributed by atoms with Crippen LogP contribution in [0, 0.1) is 6.92 Å². The Balaban J connectivity index is 2.29. The van der Waals surface area contributed by atoms with Gasteiger partial charge in [0.05, 0.1) is 5.69 Å². The maximum atomic E-state index is 9.33. The van der Waals surface area contributed by atoms with E-state index in [1.54, 1.807) is 24.4 Å². The fourth-order valence-corrected chi connectivity index (χ4v) is 1.65. The molecule has 86 valence electrons. The zero-order valence-corrected chi connectivity index (χ0v) is 10.1. The van der Waals surface area contributed by atoms with Crippen LogP contribution in [0.1, 0.15) is 11.1 Å². The van der Waals surface area contributed by atoms with E-state index in [4.69, 9.17) is 11.6 Å². The van der Waals surface area contributed by atoms with Gasteiger partial charge in [0.25, 0.3) is 0 Å². The molecule has 2 aromatic rings. The molecule has 0 amide bonds. The standard InChI is InChI=1S/C14H12ClNO/c1-10-13(15)6-3-7-14(10)16-9-11-4-2-5-12(17)8-11/h2-9,17H,1H3. The van der Waals surface area contributed by atoms with Gasteiger partial charge < -0.3 is 5.11 Å². The summed E-state index contributed by atoms with van der Waals surface area (Å²) in [7, 11) is 0. The monoisotopic (exact) mass is 245 g/mol. The summed E-state index contributed by atoms with van der Waals surface area (Å²) in [5.41, 5.74) is 2.63.